The van der Waals surface area contributed by atoms with E-state index in [-0.39, 0.29) is 5.97 Å². The Hall–Kier alpha value is -1.58. The molecule has 0 aliphatic carbocycles. The summed E-state index contributed by atoms with van der Waals surface area (Å²) < 4.78 is 4.99. The summed E-state index contributed by atoms with van der Waals surface area (Å²) in [6, 6.07) is 3.49. The first-order valence-electron chi connectivity index (χ1n) is 5.54. The van der Waals surface area contributed by atoms with E-state index in [9.17, 15) is 4.79 Å². The molecule has 0 saturated carbocycles. The quantitative estimate of drug-likeness (QED) is 0.715. The van der Waals surface area contributed by atoms with E-state index in [4.69, 9.17) is 4.74 Å². The molecule has 0 unspecified atom stereocenters. The number of anilines is 1. The summed E-state index contributed by atoms with van der Waals surface area (Å²) >= 11 is 0. The number of ether oxygens (including phenoxy) is 1. The van der Waals surface area contributed by atoms with Crippen molar-refractivity contribution in [3.05, 3.63) is 23.9 Å². The molecule has 0 saturated heterocycles. The van der Waals surface area contributed by atoms with Crippen molar-refractivity contribution in [1.29, 1.82) is 0 Å². The van der Waals surface area contributed by atoms with Crippen molar-refractivity contribution in [3.63, 3.8) is 0 Å². The Balaban J connectivity index is 2.95. The fourth-order valence-electron chi connectivity index (χ4n) is 1.51. The standard InChI is InChI=1S/C12H18N2O2/c1-4-9-14(3)11-10(7-6-8-13-11)12(15)16-5-2/h6-8H,4-5,9H2,1-3H3. The lowest BCUT2D eigenvalue weighted by Gasteiger charge is -2.19. The van der Waals surface area contributed by atoms with Gasteiger partial charge in [-0.1, -0.05) is 6.92 Å². The lowest BCUT2D eigenvalue weighted by atomic mass is 10.2. The lowest BCUT2D eigenvalue weighted by molar-refractivity contribution is 0.0526. The molecule has 1 aromatic rings. The van der Waals surface area contributed by atoms with Crippen LogP contribution in [0.4, 0.5) is 5.82 Å². The number of pyridine rings is 1. The van der Waals surface area contributed by atoms with Crippen molar-refractivity contribution in [2.24, 2.45) is 0 Å². The third-order valence-electron chi connectivity index (χ3n) is 2.20. The summed E-state index contributed by atoms with van der Waals surface area (Å²) in [5, 5.41) is 0. The second kappa shape index (κ2) is 6.10. The van der Waals surface area contributed by atoms with Gasteiger partial charge in [0.1, 0.15) is 11.4 Å². The third kappa shape index (κ3) is 2.95. The molecule has 0 N–H and O–H groups in total. The number of esters is 1. The maximum atomic E-state index is 11.7. The van der Waals surface area contributed by atoms with Gasteiger partial charge in [-0.15, -0.1) is 0 Å². The first-order valence-corrected chi connectivity index (χ1v) is 5.54. The number of hydrogen-bond donors (Lipinski definition) is 0. The van der Waals surface area contributed by atoms with Crippen LogP contribution in [0.3, 0.4) is 0 Å². The van der Waals surface area contributed by atoms with E-state index >= 15 is 0 Å². The Morgan fingerprint density at radius 3 is 2.88 bits per heavy atom. The van der Waals surface area contributed by atoms with Gasteiger partial charge in [0.25, 0.3) is 0 Å². The largest absolute Gasteiger partial charge is 0.462 e. The Bertz CT molecular complexity index is 353. The highest BCUT2D eigenvalue weighted by molar-refractivity contribution is 5.94. The van der Waals surface area contributed by atoms with Crippen LogP contribution in [-0.2, 0) is 4.74 Å². The van der Waals surface area contributed by atoms with Crippen LogP contribution < -0.4 is 4.90 Å². The highest BCUT2D eigenvalue weighted by atomic mass is 16.5. The Kier molecular flexibility index (Phi) is 4.76. The van der Waals surface area contributed by atoms with Gasteiger partial charge in [-0.3, -0.25) is 0 Å². The van der Waals surface area contributed by atoms with Crippen LogP contribution in [0.15, 0.2) is 18.3 Å². The van der Waals surface area contributed by atoms with Crippen molar-refractivity contribution >= 4 is 11.8 Å². The zero-order valence-electron chi connectivity index (χ0n) is 10.1. The number of carbonyl (C=O) groups excluding carboxylic acids is 1. The summed E-state index contributed by atoms with van der Waals surface area (Å²) in [5.41, 5.74) is 0.528. The van der Waals surface area contributed by atoms with Crippen molar-refractivity contribution in [2.75, 3.05) is 25.1 Å². The molecule has 1 aromatic heterocycles. The molecule has 88 valence electrons. The summed E-state index contributed by atoms with van der Waals surface area (Å²) in [5.74, 6) is 0.372. The van der Waals surface area contributed by atoms with E-state index in [0.717, 1.165) is 13.0 Å². The topological polar surface area (TPSA) is 42.4 Å². The number of rotatable bonds is 5. The predicted molar refractivity (Wildman–Crippen MR) is 63.8 cm³/mol. The maximum Gasteiger partial charge on any atom is 0.341 e. The van der Waals surface area contributed by atoms with Crippen molar-refractivity contribution < 1.29 is 9.53 Å². The van der Waals surface area contributed by atoms with E-state index in [1.807, 2.05) is 11.9 Å². The number of hydrogen-bond acceptors (Lipinski definition) is 4. The summed E-state index contributed by atoms with van der Waals surface area (Å²) in [6.07, 6.45) is 2.69. The molecule has 0 aliphatic rings. The minimum Gasteiger partial charge on any atom is -0.462 e. The van der Waals surface area contributed by atoms with Crippen LogP contribution in [0.2, 0.25) is 0 Å². The van der Waals surface area contributed by atoms with E-state index in [0.29, 0.717) is 18.0 Å². The van der Waals surface area contributed by atoms with Gasteiger partial charge in [-0.05, 0) is 25.5 Å². The molecule has 0 fully saturated rings. The third-order valence-corrected chi connectivity index (χ3v) is 2.20. The molecule has 0 spiro atoms. The average molecular weight is 222 g/mol. The molecule has 1 heterocycles. The molecule has 0 atom stereocenters. The normalized spacial score (nSPS) is 9.94. The van der Waals surface area contributed by atoms with Crippen LogP contribution in [0.25, 0.3) is 0 Å². The molecule has 16 heavy (non-hydrogen) atoms. The second-order valence-corrected chi connectivity index (χ2v) is 3.52. The minimum absolute atomic E-state index is 0.312. The Morgan fingerprint density at radius 2 is 2.25 bits per heavy atom. The van der Waals surface area contributed by atoms with Gasteiger partial charge >= 0.3 is 5.97 Å². The van der Waals surface area contributed by atoms with Gasteiger partial charge < -0.3 is 9.64 Å². The van der Waals surface area contributed by atoms with E-state index in [2.05, 4.69) is 11.9 Å². The SMILES string of the molecule is CCCN(C)c1ncccc1C(=O)OCC. The zero-order valence-corrected chi connectivity index (χ0v) is 10.1. The summed E-state index contributed by atoms with van der Waals surface area (Å²) in [6.45, 7) is 5.13. The van der Waals surface area contributed by atoms with Crippen molar-refractivity contribution in [3.8, 4) is 0 Å². The smallest absolute Gasteiger partial charge is 0.341 e. The molecule has 0 radical (unpaired) electrons. The second-order valence-electron chi connectivity index (χ2n) is 3.52. The molecule has 0 bridgehead atoms. The lowest BCUT2D eigenvalue weighted by Crippen LogP contribution is -2.22. The minimum atomic E-state index is -0.312. The van der Waals surface area contributed by atoms with Gasteiger partial charge in [-0.2, -0.15) is 0 Å². The predicted octanol–water partition coefficient (Wildman–Crippen LogP) is 2.10. The number of aromatic nitrogens is 1. The van der Waals surface area contributed by atoms with Gasteiger partial charge in [0, 0.05) is 19.8 Å². The molecule has 1 rings (SSSR count). The Morgan fingerprint density at radius 1 is 1.50 bits per heavy atom. The number of carbonyl (C=O) groups is 1. The highest BCUT2D eigenvalue weighted by Crippen LogP contribution is 2.16. The molecule has 0 amide bonds. The van der Waals surface area contributed by atoms with Crippen molar-refractivity contribution in [2.45, 2.75) is 20.3 Å². The van der Waals surface area contributed by atoms with Gasteiger partial charge in [0.2, 0.25) is 0 Å². The zero-order chi connectivity index (χ0) is 12.0. The first-order chi connectivity index (χ1) is 7.70. The van der Waals surface area contributed by atoms with Crippen LogP contribution in [0.5, 0.6) is 0 Å². The fourth-order valence-corrected chi connectivity index (χ4v) is 1.51. The van der Waals surface area contributed by atoms with Crippen LogP contribution >= 0.6 is 0 Å². The molecular formula is C12H18N2O2. The molecule has 4 heteroatoms. The monoisotopic (exact) mass is 222 g/mol. The molecule has 0 aromatic carbocycles. The molecule has 4 nitrogen and oxygen atoms in total. The summed E-state index contributed by atoms with van der Waals surface area (Å²) in [7, 11) is 1.93. The van der Waals surface area contributed by atoms with E-state index < -0.39 is 0 Å². The van der Waals surface area contributed by atoms with Crippen LogP contribution in [-0.4, -0.2) is 31.2 Å². The number of nitrogens with zero attached hydrogens (tertiary/aromatic N) is 2. The highest BCUT2D eigenvalue weighted by Gasteiger charge is 2.15. The summed E-state index contributed by atoms with van der Waals surface area (Å²) in [4.78, 5) is 17.9. The van der Waals surface area contributed by atoms with E-state index in [1.54, 1.807) is 25.3 Å². The van der Waals surface area contributed by atoms with E-state index in [1.165, 1.54) is 0 Å². The Labute approximate surface area is 96.2 Å². The molecular weight excluding hydrogens is 204 g/mol. The van der Waals surface area contributed by atoms with Crippen LogP contribution in [0, 0.1) is 0 Å². The fraction of sp³-hybridized carbons (Fsp3) is 0.500. The molecule has 0 aliphatic heterocycles. The van der Waals surface area contributed by atoms with Crippen LogP contribution in [0.1, 0.15) is 30.6 Å². The average Bonchev–Trinajstić information content (AvgIpc) is 2.30. The first kappa shape index (κ1) is 12.5. The van der Waals surface area contributed by atoms with Gasteiger partial charge in [-0.25, -0.2) is 9.78 Å². The maximum absolute atomic E-state index is 11.7. The van der Waals surface area contributed by atoms with Gasteiger partial charge in [0.15, 0.2) is 0 Å². The van der Waals surface area contributed by atoms with Gasteiger partial charge in [0.05, 0.1) is 6.61 Å². The van der Waals surface area contributed by atoms with Crippen molar-refractivity contribution in [1.82, 2.24) is 4.98 Å².